The van der Waals surface area contributed by atoms with Crippen molar-refractivity contribution < 1.29 is 4.39 Å². The third-order valence-corrected chi connectivity index (χ3v) is 2.93. The number of rotatable bonds is 2. The molecule has 1 fully saturated rings. The zero-order chi connectivity index (χ0) is 9.30. The molecule has 1 aliphatic heterocycles. The smallest absolute Gasteiger partial charge is 0.118 e. The van der Waals surface area contributed by atoms with Crippen molar-refractivity contribution in [2.45, 2.75) is 39.0 Å². The lowest BCUT2D eigenvalue weighted by Crippen LogP contribution is -2.37. The molecule has 0 aromatic heterocycles. The first-order valence-electron chi connectivity index (χ1n) is 4.67. The van der Waals surface area contributed by atoms with E-state index in [0.717, 1.165) is 0 Å². The highest BCUT2D eigenvalue weighted by molar-refractivity contribution is 4.92. The monoisotopic (exact) mass is 174 g/mol. The highest BCUT2D eigenvalue weighted by Gasteiger charge is 2.39. The van der Waals surface area contributed by atoms with E-state index in [2.05, 4.69) is 25.7 Å². The molecular weight excluding hydrogens is 155 g/mol. The van der Waals surface area contributed by atoms with Crippen LogP contribution in [-0.4, -0.2) is 36.2 Å². The Bertz CT molecular complexity index is 149. The van der Waals surface area contributed by atoms with Gasteiger partial charge >= 0.3 is 0 Å². The average Bonchev–Trinajstić information content (AvgIpc) is 2.27. The minimum Gasteiger partial charge on any atom is -0.330 e. The largest absolute Gasteiger partial charge is 0.330 e. The predicted molar refractivity (Wildman–Crippen MR) is 48.7 cm³/mol. The lowest BCUT2D eigenvalue weighted by atomic mass is 10.0. The first-order chi connectivity index (χ1) is 5.57. The van der Waals surface area contributed by atoms with E-state index in [9.17, 15) is 4.39 Å². The van der Waals surface area contributed by atoms with Gasteiger partial charge in [-0.25, -0.2) is 4.39 Å². The Morgan fingerprint density at radius 2 is 2.17 bits per heavy atom. The first kappa shape index (κ1) is 9.93. The first-order valence-corrected chi connectivity index (χ1v) is 4.67. The van der Waals surface area contributed by atoms with Crippen molar-refractivity contribution in [1.82, 2.24) is 4.90 Å². The lowest BCUT2D eigenvalue weighted by Gasteiger charge is -2.26. The van der Waals surface area contributed by atoms with Crippen molar-refractivity contribution in [3.63, 3.8) is 0 Å². The SMILES string of the molecule is CC(C)N1C[C@H](F)[C@@H](CN)[C@H]1C. The molecule has 0 saturated carbocycles. The molecule has 0 radical (unpaired) electrons. The topological polar surface area (TPSA) is 29.3 Å². The summed E-state index contributed by atoms with van der Waals surface area (Å²) in [6, 6.07) is 0.722. The number of alkyl halides is 1. The van der Waals surface area contributed by atoms with Crippen LogP contribution in [0.1, 0.15) is 20.8 Å². The maximum Gasteiger partial charge on any atom is 0.118 e. The van der Waals surface area contributed by atoms with E-state index in [1.807, 2.05) is 0 Å². The molecule has 0 spiro atoms. The van der Waals surface area contributed by atoms with Gasteiger partial charge in [0.25, 0.3) is 0 Å². The van der Waals surface area contributed by atoms with Crippen LogP contribution in [0.15, 0.2) is 0 Å². The van der Waals surface area contributed by atoms with Gasteiger partial charge in [0.2, 0.25) is 0 Å². The number of hydrogen-bond acceptors (Lipinski definition) is 2. The fourth-order valence-electron chi connectivity index (χ4n) is 2.08. The molecule has 1 saturated heterocycles. The summed E-state index contributed by atoms with van der Waals surface area (Å²) in [4.78, 5) is 2.18. The summed E-state index contributed by atoms with van der Waals surface area (Å²) < 4.78 is 13.3. The fourth-order valence-corrected chi connectivity index (χ4v) is 2.08. The van der Waals surface area contributed by atoms with Gasteiger partial charge in [-0.1, -0.05) is 0 Å². The molecule has 2 nitrogen and oxygen atoms in total. The molecule has 0 aromatic carbocycles. The third kappa shape index (κ3) is 1.62. The number of nitrogens with zero attached hydrogens (tertiary/aromatic N) is 1. The van der Waals surface area contributed by atoms with E-state index >= 15 is 0 Å². The van der Waals surface area contributed by atoms with Crippen molar-refractivity contribution in [3.8, 4) is 0 Å². The summed E-state index contributed by atoms with van der Waals surface area (Å²) >= 11 is 0. The van der Waals surface area contributed by atoms with Gasteiger partial charge in [-0.15, -0.1) is 0 Å². The summed E-state index contributed by atoms with van der Waals surface area (Å²) in [5.74, 6) is 0.0346. The van der Waals surface area contributed by atoms with E-state index in [1.54, 1.807) is 0 Å². The van der Waals surface area contributed by atoms with Gasteiger partial charge in [-0.3, -0.25) is 4.90 Å². The summed E-state index contributed by atoms with van der Waals surface area (Å²) in [6.45, 7) is 7.29. The van der Waals surface area contributed by atoms with Crippen LogP contribution in [0.25, 0.3) is 0 Å². The number of nitrogens with two attached hydrogens (primary N) is 1. The molecule has 12 heavy (non-hydrogen) atoms. The molecule has 0 unspecified atom stereocenters. The Balaban J connectivity index is 2.62. The number of hydrogen-bond donors (Lipinski definition) is 1. The van der Waals surface area contributed by atoms with E-state index in [-0.39, 0.29) is 5.92 Å². The summed E-state index contributed by atoms with van der Waals surface area (Å²) in [7, 11) is 0. The molecule has 1 heterocycles. The van der Waals surface area contributed by atoms with Gasteiger partial charge in [0.1, 0.15) is 6.17 Å². The quantitative estimate of drug-likeness (QED) is 0.677. The lowest BCUT2D eigenvalue weighted by molar-refractivity contribution is 0.196. The van der Waals surface area contributed by atoms with Crippen LogP contribution in [0, 0.1) is 5.92 Å². The summed E-state index contributed by atoms with van der Waals surface area (Å²) in [5, 5.41) is 0. The van der Waals surface area contributed by atoms with Crippen molar-refractivity contribution in [2.24, 2.45) is 11.7 Å². The van der Waals surface area contributed by atoms with Crippen molar-refractivity contribution in [3.05, 3.63) is 0 Å². The molecule has 0 amide bonds. The van der Waals surface area contributed by atoms with Crippen LogP contribution in [0.5, 0.6) is 0 Å². The minimum absolute atomic E-state index is 0.0346. The molecule has 3 heteroatoms. The Kier molecular flexibility index (Phi) is 3.07. The molecule has 1 aliphatic rings. The number of likely N-dealkylation sites (tertiary alicyclic amines) is 1. The van der Waals surface area contributed by atoms with Gasteiger partial charge < -0.3 is 5.73 Å². The third-order valence-electron chi connectivity index (χ3n) is 2.93. The van der Waals surface area contributed by atoms with Crippen LogP contribution >= 0.6 is 0 Å². The van der Waals surface area contributed by atoms with Gasteiger partial charge in [-0.2, -0.15) is 0 Å². The molecule has 3 atom stereocenters. The van der Waals surface area contributed by atoms with Crippen molar-refractivity contribution >= 4 is 0 Å². The van der Waals surface area contributed by atoms with E-state index in [4.69, 9.17) is 5.73 Å². The van der Waals surface area contributed by atoms with Crippen molar-refractivity contribution in [1.29, 1.82) is 0 Å². The Labute approximate surface area is 73.9 Å². The van der Waals surface area contributed by atoms with E-state index in [1.165, 1.54) is 0 Å². The van der Waals surface area contributed by atoms with Crippen molar-refractivity contribution in [2.75, 3.05) is 13.1 Å². The molecule has 72 valence electrons. The van der Waals surface area contributed by atoms with Crippen LogP contribution in [0.3, 0.4) is 0 Å². The van der Waals surface area contributed by atoms with Gasteiger partial charge in [0, 0.05) is 24.5 Å². The highest BCUT2D eigenvalue weighted by Crippen LogP contribution is 2.27. The Morgan fingerprint density at radius 3 is 2.42 bits per heavy atom. The van der Waals surface area contributed by atoms with E-state index in [0.29, 0.717) is 25.2 Å². The zero-order valence-corrected chi connectivity index (χ0v) is 8.13. The molecule has 0 aliphatic carbocycles. The molecular formula is C9H19FN2. The number of halogens is 1. The maximum atomic E-state index is 13.3. The molecule has 1 rings (SSSR count). The summed E-state index contributed by atoms with van der Waals surface area (Å²) in [6.07, 6.45) is -0.729. The second kappa shape index (κ2) is 3.71. The molecule has 2 N–H and O–H groups in total. The van der Waals surface area contributed by atoms with Gasteiger partial charge in [0.15, 0.2) is 0 Å². The second-order valence-electron chi connectivity index (χ2n) is 3.95. The highest BCUT2D eigenvalue weighted by atomic mass is 19.1. The molecule has 0 aromatic rings. The zero-order valence-electron chi connectivity index (χ0n) is 8.13. The minimum atomic E-state index is -0.729. The Hall–Kier alpha value is -0.150. The maximum absolute atomic E-state index is 13.3. The summed E-state index contributed by atoms with van der Waals surface area (Å²) in [5.41, 5.74) is 5.51. The van der Waals surface area contributed by atoms with Crippen LogP contribution in [0.4, 0.5) is 4.39 Å². The van der Waals surface area contributed by atoms with Crippen LogP contribution in [-0.2, 0) is 0 Å². The fraction of sp³-hybridized carbons (Fsp3) is 1.00. The van der Waals surface area contributed by atoms with E-state index < -0.39 is 6.17 Å². The predicted octanol–water partition coefficient (Wildman–Crippen LogP) is 1.01. The standard InChI is InChI=1S/C9H19FN2/c1-6(2)12-5-9(10)8(4-11)7(12)3/h6-9H,4-5,11H2,1-3H3/t7-,8+,9+/m1/s1. The Morgan fingerprint density at radius 1 is 1.58 bits per heavy atom. The van der Waals surface area contributed by atoms with Crippen LogP contribution < -0.4 is 5.73 Å². The second-order valence-corrected chi connectivity index (χ2v) is 3.95. The molecule has 0 bridgehead atoms. The van der Waals surface area contributed by atoms with Crippen LogP contribution in [0.2, 0.25) is 0 Å². The van der Waals surface area contributed by atoms with Gasteiger partial charge in [0.05, 0.1) is 0 Å². The average molecular weight is 174 g/mol. The van der Waals surface area contributed by atoms with Gasteiger partial charge in [-0.05, 0) is 27.3 Å². The normalized spacial score (nSPS) is 38.0.